The first-order chi connectivity index (χ1) is 12.7. The molecule has 8 heteroatoms. The maximum absolute atomic E-state index is 12.6. The van der Waals surface area contributed by atoms with Gasteiger partial charge in [0.05, 0.1) is 5.39 Å². The first-order valence-corrected chi connectivity index (χ1v) is 9.24. The molecule has 0 N–H and O–H groups in total. The van der Waals surface area contributed by atoms with Gasteiger partial charge in [0.25, 0.3) is 5.56 Å². The Morgan fingerprint density at radius 2 is 1.63 bits per heavy atom. The third-order valence-electron chi connectivity index (χ3n) is 5.62. The second-order valence-electron chi connectivity index (χ2n) is 7.39. The van der Waals surface area contributed by atoms with Gasteiger partial charge >= 0.3 is 5.69 Å². The van der Waals surface area contributed by atoms with Crippen LogP contribution < -0.4 is 11.2 Å². The number of piperazine rings is 1. The van der Waals surface area contributed by atoms with E-state index >= 15 is 0 Å². The molecule has 0 aromatic carbocycles. The smallest absolute Gasteiger partial charge is 0.332 e. The molecule has 0 atom stereocenters. The van der Waals surface area contributed by atoms with Crippen LogP contribution in [0.4, 0.5) is 0 Å². The van der Waals surface area contributed by atoms with Gasteiger partial charge in [0, 0.05) is 52.4 Å². The molecule has 3 heterocycles. The minimum Gasteiger partial charge on any atom is -0.340 e. The van der Waals surface area contributed by atoms with E-state index in [1.807, 2.05) is 18.7 Å². The monoisotopic (exact) mass is 373 g/mol. The SMILES string of the molecule is Cc1nc2c(c(C)c1CCC(=O)N1CCN(C)CC1)c(=O)n(C)c(=O)n2C. The van der Waals surface area contributed by atoms with E-state index in [-0.39, 0.29) is 11.5 Å². The van der Waals surface area contributed by atoms with Crippen LogP contribution in [0.15, 0.2) is 9.59 Å². The zero-order chi connectivity index (χ0) is 19.9. The van der Waals surface area contributed by atoms with Gasteiger partial charge < -0.3 is 9.80 Å². The second kappa shape index (κ2) is 7.26. The normalized spacial score (nSPS) is 15.5. The fraction of sp³-hybridized carbons (Fsp3) is 0.579. The lowest BCUT2D eigenvalue weighted by Crippen LogP contribution is -2.47. The number of carbonyl (C=O) groups excluding carboxylic acids is 1. The van der Waals surface area contributed by atoms with E-state index in [9.17, 15) is 14.4 Å². The highest BCUT2D eigenvalue weighted by molar-refractivity contribution is 5.80. The van der Waals surface area contributed by atoms with Gasteiger partial charge in [0.2, 0.25) is 5.91 Å². The first kappa shape index (κ1) is 19.3. The molecular weight excluding hydrogens is 346 g/mol. The largest absolute Gasteiger partial charge is 0.340 e. The lowest BCUT2D eigenvalue weighted by atomic mass is 9.99. The molecule has 0 radical (unpaired) electrons. The van der Waals surface area contributed by atoms with Gasteiger partial charge in [-0.2, -0.15) is 0 Å². The summed E-state index contributed by atoms with van der Waals surface area (Å²) in [4.78, 5) is 46.0. The number of hydrogen-bond donors (Lipinski definition) is 0. The van der Waals surface area contributed by atoms with Crippen LogP contribution in [0.25, 0.3) is 11.0 Å². The van der Waals surface area contributed by atoms with E-state index < -0.39 is 5.69 Å². The quantitative estimate of drug-likeness (QED) is 0.754. The minimum atomic E-state index is -0.392. The number of hydrogen-bond acceptors (Lipinski definition) is 5. The van der Waals surface area contributed by atoms with Crippen LogP contribution in [0.5, 0.6) is 0 Å². The van der Waals surface area contributed by atoms with Crippen molar-refractivity contribution in [2.45, 2.75) is 26.7 Å². The Labute approximate surface area is 158 Å². The van der Waals surface area contributed by atoms with E-state index in [1.165, 1.54) is 11.6 Å². The standard InChI is InChI=1S/C19H27N5O3/c1-12-14(6-7-15(25)24-10-8-21(3)9-11-24)13(2)20-17-16(12)18(26)23(5)19(27)22(17)4/h6-11H2,1-5H3. The lowest BCUT2D eigenvalue weighted by Gasteiger charge is -2.32. The van der Waals surface area contributed by atoms with Crippen molar-refractivity contribution in [2.24, 2.45) is 14.1 Å². The van der Waals surface area contributed by atoms with Crippen molar-refractivity contribution >= 4 is 16.9 Å². The van der Waals surface area contributed by atoms with Crippen LogP contribution in [0.2, 0.25) is 0 Å². The molecule has 146 valence electrons. The Morgan fingerprint density at radius 3 is 2.26 bits per heavy atom. The number of pyridine rings is 1. The highest BCUT2D eigenvalue weighted by Crippen LogP contribution is 2.21. The van der Waals surface area contributed by atoms with Crippen molar-refractivity contribution in [3.63, 3.8) is 0 Å². The van der Waals surface area contributed by atoms with E-state index in [4.69, 9.17) is 0 Å². The van der Waals surface area contributed by atoms with Crippen LogP contribution >= 0.6 is 0 Å². The fourth-order valence-electron chi connectivity index (χ4n) is 3.76. The Balaban J connectivity index is 1.92. The summed E-state index contributed by atoms with van der Waals surface area (Å²) in [6, 6.07) is 0. The highest BCUT2D eigenvalue weighted by Gasteiger charge is 2.21. The first-order valence-electron chi connectivity index (χ1n) is 9.24. The minimum absolute atomic E-state index is 0.135. The number of likely N-dealkylation sites (N-methyl/N-ethyl adjacent to an activating group) is 1. The second-order valence-corrected chi connectivity index (χ2v) is 7.39. The van der Waals surface area contributed by atoms with E-state index in [0.717, 1.165) is 47.6 Å². The number of carbonyl (C=O) groups is 1. The average molecular weight is 373 g/mol. The molecule has 27 heavy (non-hydrogen) atoms. The molecular formula is C19H27N5O3. The summed E-state index contributed by atoms with van der Waals surface area (Å²) in [5.74, 6) is 0.135. The van der Waals surface area contributed by atoms with E-state index in [1.54, 1.807) is 7.05 Å². The topological polar surface area (TPSA) is 80.4 Å². The third-order valence-corrected chi connectivity index (χ3v) is 5.62. The Hall–Kier alpha value is -2.48. The molecule has 1 fully saturated rings. The molecule has 0 unspecified atom stereocenters. The summed E-state index contributed by atoms with van der Waals surface area (Å²) in [5.41, 5.74) is 2.14. The predicted molar refractivity (Wildman–Crippen MR) is 104 cm³/mol. The number of aromatic nitrogens is 3. The molecule has 0 aliphatic carbocycles. The Bertz CT molecular complexity index is 1010. The van der Waals surface area contributed by atoms with Crippen LogP contribution in [-0.4, -0.2) is 63.1 Å². The van der Waals surface area contributed by atoms with Gasteiger partial charge in [-0.1, -0.05) is 0 Å². The molecule has 1 aliphatic heterocycles. The van der Waals surface area contributed by atoms with Gasteiger partial charge in [-0.25, -0.2) is 9.78 Å². The van der Waals surface area contributed by atoms with Crippen molar-refractivity contribution in [1.29, 1.82) is 0 Å². The molecule has 1 aliphatic rings. The van der Waals surface area contributed by atoms with Crippen molar-refractivity contribution < 1.29 is 4.79 Å². The highest BCUT2D eigenvalue weighted by atomic mass is 16.2. The Morgan fingerprint density at radius 1 is 1.00 bits per heavy atom. The van der Waals surface area contributed by atoms with Crippen LogP contribution in [0, 0.1) is 13.8 Å². The van der Waals surface area contributed by atoms with E-state index in [2.05, 4.69) is 16.9 Å². The number of fused-ring (bicyclic) bond motifs is 1. The zero-order valence-corrected chi connectivity index (χ0v) is 16.7. The summed E-state index contributed by atoms with van der Waals surface area (Å²) in [6.07, 6.45) is 0.933. The zero-order valence-electron chi connectivity index (χ0n) is 16.7. The number of amides is 1. The molecule has 8 nitrogen and oxygen atoms in total. The summed E-state index contributed by atoms with van der Waals surface area (Å²) >= 11 is 0. The molecule has 0 saturated carbocycles. The molecule has 0 spiro atoms. The molecule has 1 amide bonds. The lowest BCUT2D eigenvalue weighted by molar-refractivity contribution is -0.132. The van der Waals surface area contributed by atoms with Crippen LogP contribution in [0.3, 0.4) is 0 Å². The molecule has 0 bridgehead atoms. The number of nitrogens with zero attached hydrogens (tertiary/aromatic N) is 5. The third kappa shape index (κ3) is 3.41. The maximum Gasteiger partial charge on any atom is 0.332 e. The van der Waals surface area contributed by atoms with Gasteiger partial charge in [-0.3, -0.25) is 18.7 Å². The number of aryl methyl sites for hydroxylation is 3. The summed E-state index contributed by atoms with van der Waals surface area (Å²) < 4.78 is 2.50. The fourth-order valence-corrected chi connectivity index (χ4v) is 3.76. The Kier molecular flexibility index (Phi) is 5.19. The van der Waals surface area contributed by atoms with Gasteiger partial charge in [0.1, 0.15) is 5.65 Å². The van der Waals surface area contributed by atoms with Crippen LogP contribution in [0.1, 0.15) is 23.2 Å². The average Bonchev–Trinajstić information content (AvgIpc) is 2.64. The molecule has 3 rings (SSSR count). The van der Waals surface area contributed by atoms with Gasteiger partial charge in [-0.15, -0.1) is 0 Å². The van der Waals surface area contributed by atoms with Gasteiger partial charge in [0.15, 0.2) is 0 Å². The summed E-state index contributed by atoms with van der Waals surface area (Å²) in [5, 5.41) is 0.451. The predicted octanol–water partition coefficient (Wildman–Crippen LogP) is -0.0444. The van der Waals surface area contributed by atoms with Gasteiger partial charge in [-0.05, 0) is 38.4 Å². The van der Waals surface area contributed by atoms with Crippen LogP contribution in [-0.2, 0) is 25.3 Å². The van der Waals surface area contributed by atoms with E-state index in [0.29, 0.717) is 23.9 Å². The van der Waals surface area contributed by atoms with Crippen molar-refractivity contribution in [1.82, 2.24) is 23.9 Å². The summed E-state index contributed by atoms with van der Waals surface area (Å²) in [7, 11) is 5.15. The summed E-state index contributed by atoms with van der Waals surface area (Å²) in [6.45, 7) is 7.04. The van der Waals surface area contributed by atoms with Crippen molar-refractivity contribution in [3.8, 4) is 0 Å². The number of rotatable bonds is 3. The maximum atomic E-state index is 12.6. The van der Waals surface area contributed by atoms with Crippen molar-refractivity contribution in [3.05, 3.63) is 37.7 Å². The molecule has 2 aromatic heterocycles. The van der Waals surface area contributed by atoms with Crippen molar-refractivity contribution in [2.75, 3.05) is 33.2 Å². The molecule has 1 saturated heterocycles. The molecule has 2 aromatic rings.